The summed E-state index contributed by atoms with van der Waals surface area (Å²) in [4.78, 5) is 45.1. The highest BCUT2D eigenvalue weighted by molar-refractivity contribution is 7.10. The molecule has 0 saturated heterocycles. The first-order valence-corrected chi connectivity index (χ1v) is 11.8. The average Bonchev–Trinajstić information content (AvgIpc) is 3.45. The van der Waals surface area contributed by atoms with Crippen LogP contribution in [-0.2, 0) is 14.3 Å². The molecule has 0 fully saturated rings. The lowest BCUT2D eigenvalue weighted by Crippen LogP contribution is -2.40. The molecule has 162 valence electrons. The Morgan fingerprint density at radius 1 is 1.31 bits per heavy atom. The van der Waals surface area contributed by atoms with Crippen molar-refractivity contribution in [2.75, 3.05) is 11.9 Å². The van der Waals surface area contributed by atoms with Gasteiger partial charge in [0, 0.05) is 21.2 Å². The van der Waals surface area contributed by atoms with Crippen LogP contribution in [0.1, 0.15) is 30.3 Å². The molecule has 1 aromatic carbocycles. The Bertz CT molecular complexity index is 1500. The number of esters is 1. The number of ether oxygens (including phenoxy) is 1. The van der Waals surface area contributed by atoms with Crippen LogP contribution in [0.15, 0.2) is 56.8 Å². The summed E-state index contributed by atoms with van der Waals surface area (Å²) >= 11 is 8.71. The minimum Gasteiger partial charge on any atom is -0.463 e. The van der Waals surface area contributed by atoms with E-state index in [0.29, 0.717) is 32.3 Å². The number of nitrogens with one attached hydrogen (secondary N) is 1. The summed E-state index contributed by atoms with van der Waals surface area (Å²) in [5, 5.41) is 5.13. The zero-order valence-corrected chi connectivity index (χ0v) is 19.4. The Kier molecular flexibility index (Phi) is 5.11. The van der Waals surface area contributed by atoms with Crippen molar-refractivity contribution in [3.8, 4) is 0 Å². The number of amides is 1. The fourth-order valence-corrected chi connectivity index (χ4v) is 6.06. The van der Waals surface area contributed by atoms with Crippen molar-refractivity contribution in [1.82, 2.24) is 4.57 Å². The van der Waals surface area contributed by atoms with Gasteiger partial charge in [-0.2, -0.15) is 0 Å². The van der Waals surface area contributed by atoms with E-state index in [1.807, 2.05) is 17.5 Å². The molecule has 0 radical (unpaired) electrons. The molecule has 0 bridgehead atoms. The molecule has 2 aliphatic rings. The fraction of sp³-hybridized carbons (Fsp3) is 0.182. The van der Waals surface area contributed by atoms with Crippen molar-refractivity contribution < 1.29 is 14.3 Å². The van der Waals surface area contributed by atoms with Gasteiger partial charge < -0.3 is 10.1 Å². The van der Waals surface area contributed by atoms with Gasteiger partial charge in [-0.1, -0.05) is 29.0 Å². The highest BCUT2D eigenvalue weighted by atomic mass is 35.5. The molecule has 1 amide bonds. The molecule has 0 spiro atoms. The number of fused-ring (bicyclic) bond motifs is 2. The Labute approximate surface area is 194 Å². The topological polar surface area (TPSA) is 89.8 Å². The van der Waals surface area contributed by atoms with E-state index in [9.17, 15) is 14.4 Å². The molecule has 1 N–H and O–H groups in total. The van der Waals surface area contributed by atoms with Crippen molar-refractivity contribution in [2.24, 2.45) is 4.99 Å². The Hall–Kier alpha value is -3.01. The summed E-state index contributed by atoms with van der Waals surface area (Å²) < 4.78 is 7.00. The maximum Gasteiger partial charge on any atom is 0.338 e. The minimum atomic E-state index is -0.678. The predicted molar refractivity (Wildman–Crippen MR) is 124 cm³/mol. The Balaban J connectivity index is 1.82. The molecule has 5 rings (SSSR count). The molecule has 10 heteroatoms. The van der Waals surface area contributed by atoms with Crippen molar-refractivity contribution in [2.45, 2.75) is 19.9 Å². The lowest BCUT2D eigenvalue weighted by atomic mass is 10.0. The second-order valence-corrected chi connectivity index (χ2v) is 9.55. The highest BCUT2D eigenvalue weighted by Crippen LogP contribution is 2.34. The second-order valence-electron chi connectivity index (χ2n) is 7.16. The van der Waals surface area contributed by atoms with Crippen molar-refractivity contribution in [3.05, 3.63) is 82.1 Å². The van der Waals surface area contributed by atoms with E-state index >= 15 is 0 Å². The molecule has 2 aliphatic heterocycles. The molecule has 2 aromatic heterocycles. The van der Waals surface area contributed by atoms with Crippen LogP contribution in [0, 0.1) is 0 Å². The van der Waals surface area contributed by atoms with E-state index in [1.165, 1.54) is 15.9 Å². The van der Waals surface area contributed by atoms with Crippen LogP contribution in [-0.4, -0.2) is 23.1 Å². The average molecular weight is 486 g/mol. The van der Waals surface area contributed by atoms with Crippen LogP contribution in [0.25, 0.3) is 5.57 Å². The minimum absolute atomic E-state index is 0.207. The van der Waals surface area contributed by atoms with E-state index in [1.54, 1.807) is 32.0 Å². The van der Waals surface area contributed by atoms with E-state index < -0.39 is 12.0 Å². The standard InChI is InChI=1S/C22H16ClN3O4S2/c1-3-30-21(29)15-10(2)24-22-26(17(15)14-5-4-8-31-14)20(28)18(32-22)16-12-9-11(23)6-7-13(12)25-19(16)27/h4-9,17H,3H2,1-2H3,(H,25,27)/b18-16-/t17-/m1/s1. The number of anilines is 1. The molecule has 7 nitrogen and oxygen atoms in total. The monoisotopic (exact) mass is 485 g/mol. The van der Waals surface area contributed by atoms with Crippen LogP contribution in [0.5, 0.6) is 0 Å². The number of hydrogen-bond donors (Lipinski definition) is 1. The number of hydrogen-bond acceptors (Lipinski definition) is 7. The molecule has 0 aliphatic carbocycles. The van der Waals surface area contributed by atoms with Gasteiger partial charge in [-0.25, -0.2) is 9.79 Å². The quantitative estimate of drug-likeness (QED) is 0.578. The number of rotatable bonds is 3. The van der Waals surface area contributed by atoms with Crippen LogP contribution in [0.3, 0.4) is 0 Å². The lowest BCUT2D eigenvalue weighted by Gasteiger charge is -2.23. The third-order valence-corrected chi connectivity index (χ3v) is 7.47. The SMILES string of the molecule is CCOC(=O)C1=C(C)N=c2s/c(=C3\C(=O)Nc4ccc(Cl)cc43)c(=O)n2[C@@H]1c1cccs1. The normalized spacial score (nSPS) is 18.7. The van der Waals surface area contributed by atoms with Gasteiger partial charge in [-0.3, -0.25) is 14.2 Å². The number of halogens is 1. The molecular formula is C22H16ClN3O4S2. The van der Waals surface area contributed by atoms with Crippen LogP contribution >= 0.6 is 34.3 Å². The van der Waals surface area contributed by atoms with E-state index in [0.717, 1.165) is 16.2 Å². The maximum absolute atomic E-state index is 13.7. The van der Waals surface area contributed by atoms with Crippen LogP contribution in [0.2, 0.25) is 5.02 Å². The summed E-state index contributed by atoms with van der Waals surface area (Å²) in [6.45, 7) is 3.66. The summed E-state index contributed by atoms with van der Waals surface area (Å²) in [5.41, 5.74) is 1.84. The summed E-state index contributed by atoms with van der Waals surface area (Å²) in [6, 6.07) is 8.09. The zero-order chi connectivity index (χ0) is 22.6. The third kappa shape index (κ3) is 3.16. The highest BCUT2D eigenvalue weighted by Gasteiger charge is 2.35. The van der Waals surface area contributed by atoms with Gasteiger partial charge in [0.25, 0.3) is 11.5 Å². The van der Waals surface area contributed by atoms with E-state index in [2.05, 4.69) is 10.3 Å². The zero-order valence-electron chi connectivity index (χ0n) is 17.0. The molecule has 3 aromatic rings. The fourth-order valence-electron chi connectivity index (χ4n) is 3.92. The van der Waals surface area contributed by atoms with Gasteiger partial charge in [0.1, 0.15) is 10.6 Å². The number of carbonyl (C=O) groups is 2. The summed E-state index contributed by atoms with van der Waals surface area (Å²) in [6.07, 6.45) is 0. The first-order valence-electron chi connectivity index (χ1n) is 9.77. The molecule has 32 heavy (non-hydrogen) atoms. The smallest absolute Gasteiger partial charge is 0.338 e. The Morgan fingerprint density at radius 3 is 2.84 bits per heavy atom. The van der Waals surface area contributed by atoms with Gasteiger partial charge >= 0.3 is 5.97 Å². The first kappa shape index (κ1) is 20.9. The van der Waals surface area contributed by atoms with E-state index in [-0.39, 0.29) is 28.2 Å². The third-order valence-electron chi connectivity index (χ3n) is 5.26. The van der Waals surface area contributed by atoms with Gasteiger partial charge in [0.15, 0.2) is 4.80 Å². The number of aromatic nitrogens is 1. The molecule has 0 unspecified atom stereocenters. The van der Waals surface area contributed by atoms with Crippen molar-refractivity contribution in [1.29, 1.82) is 0 Å². The molecule has 4 heterocycles. The number of thiophene rings is 1. The number of allylic oxidation sites excluding steroid dienone is 1. The van der Waals surface area contributed by atoms with Crippen molar-refractivity contribution in [3.63, 3.8) is 0 Å². The Morgan fingerprint density at radius 2 is 2.12 bits per heavy atom. The van der Waals surface area contributed by atoms with Crippen molar-refractivity contribution >= 4 is 57.4 Å². The van der Waals surface area contributed by atoms with Gasteiger partial charge in [-0.05, 0) is 43.5 Å². The first-order chi connectivity index (χ1) is 15.4. The number of benzene rings is 1. The number of nitrogens with zero attached hydrogens (tertiary/aromatic N) is 2. The molecular weight excluding hydrogens is 470 g/mol. The lowest BCUT2D eigenvalue weighted by molar-refractivity contribution is -0.139. The number of thiazole rings is 1. The predicted octanol–water partition coefficient (Wildman–Crippen LogP) is 2.84. The summed E-state index contributed by atoms with van der Waals surface area (Å²) in [7, 11) is 0. The second kappa shape index (κ2) is 7.84. The van der Waals surface area contributed by atoms with Gasteiger partial charge in [0.2, 0.25) is 0 Å². The maximum atomic E-state index is 13.7. The summed E-state index contributed by atoms with van der Waals surface area (Å²) in [5.74, 6) is -0.887. The largest absolute Gasteiger partial charge is 0.463 e. The van der Waals surface area contributed by atoms with E-state index in [4.69, 9.17) is 16.3 Å². The van der Waals surface area contributed by atoms with Crippen LogP contribution in [0.4, 0.5) is 5.69 Å². The number of carbonyl (C=O) groups excluding carboxylic acids is 2. The van der Waals surface area contributed by atoms with Crippen LogP contribution < -0.4 is 20.2 Å². The molecule has 0 saturated carbocycles. The molecule has 1 atom stereocenters. The van der Waals surface area contributed by atoms with Gasteiger partial charge in [0.05, 0.1) is 23.5 Å². The van der Waals surface area contributed by atoms with Gasteiger partial charge in [-0.15, -0.1) is 11.3 Å².